The molecule has 0 aliphatic carbocycles. The smallest absolute Gasteiger partial charge is 0.295 e. The number of methoxy groups -OCH3 is 1. The second-order valence-corrected chi connectivity index (χ2v) is 9.57. The molecular formula is C28H36N2O5. The maximum Gasteiger partial charge on any atom is 0.295 e. The molecular weight excluding hydrogens is 444 g/mol. The average Bonchev–Trinajstić information content (AvgIpc) is 3.07. The summed E-state index contributed by atoms with van der Waals surface area (Å²) in [6, 6.07) is 11.9. The summed E-state index contributed by atoms with van der Waals surface area (Å²) in [6.07, 6.45) is 0.687. The molecule has 3 rings (SSSR count). The summed E-state index contributed by atoms with van der Waals surface area (Å²) in [5, 5.41) is 11.4. The Hall–Kier alpha value is -3.32. The van der Waals surface area contributed by atoms with Gasteiger partial charge in [0.05, 0.1) is 25.3 Å². The molecule has 0 spiro atoms. The van der Waals surface area contributed by atoms with Gasteiger partial charge < -0.3 is 24.4 Å². The van der Waals surface area contributed by atoms with Crippen LogP contribution in [0.2, 0.25) is 0 Å². The van der Waals surface area contributed by atoms with E-state index in [0.29, 0.717) is 48.1 Å². The standard InChI is InChI=1S/C28H36N2O5/c1-18(2)17-35-20-12-13-21(19(3)16-20)26(31)24-25(22-10-7-8-11-23(22)34-6)30(28(33)27(24)32)15-9-14-29(4)5/h7-8,10-13,16,18,25,31H,9,14-15,17H2,1-6H3/b26-24-. The number of aliphatic hydroxyl groups is 1. The van der Waals surface area contributed by atoms with E-state index in [2.05, 4.69) is 13.8 Å². The molecule has 2 aromatic rings. The zero-order valence-electron chi connectivity index (χ0n) is 21.5. The van der Waals surface area contributed by atoms with E-state index in [1.165, 1.54) is 0 Å². The summed E-state index contributed by atoms with van der Waals surface area (Å²) in [7, 11) is 5.48. The summed E-state index contributed by atoms with van der Waals surface area (Å²) in [5.74, 6) is 0.128. The van der Waals surface area contributed by atoms with Crippen LogP contribution in [0.3, 0.4) is 0 Å². The van der Waals surface area contributed by atoms with Gasteiger partial charge in [-0.3, -0.25) is 9.59 Å². The molecule has 1 unspecified atom stereocenters. The van der Waals surface area contributed by atoms with Crippen LogP contribution in [-0.4, -0.2) is 67.5 Å². The first-order valence-corrected chi connectivity index (χ1v) is 12.0. The van der Waals surface area contributed by atoms with Crippen molar-refractivity contribution in [1.82, 2.24) is 9.80 Å². The van der Waals surface area contributed by atoms with E-state index in [4.69, 9.17) is 9.47 Å². The van der Waals surface area contributed by atoms with Crippen molar-refractivity contribution in [2.45, 2.75) is 33.2 Å². The van der Waals surface area contributed by atoms with Crippen molar-refractivity contribution in [3.63, 3.8) is 0 Å². The number of aliphatic hydroxyl groups excluding tert-OH is 1. The normalized spacial score (nSPS) is 17.5. The number of likely N-dealkylation sites (tertiary alicyclic amines) is 1. The van der Waals surface area contributed by atoms with Gasteiger partial charge in [0.2, 0.25) is 0 Å². The molecule has 1 aliphatic heterocycles. The molecule has 35 heavy (non-hydrogen) atoms. The molecule has 1 fully saturated rings. The minimum atomic E-state index is -0.746. The number of para-hydroxylation sites is 1. The van der Waals surface area contributed by atoms with Gasteiger partial charge in [-0.2, -0.15) is 0 Å². The first-order chi connectivity index (χ1) is 16.6. The van der Waals surface area contributed by atoms with Crippen molar-refractivity contribution in [3.05, 3.63) is 64.7 Å². The number of ether oxygens (including phenoxy) is 2. The molecule has 1 heterocycles. The molecule has 0 bridgehead atoms. The van der Waals surface area contributed by atoms with Crippen LogP contribution in [0.5, 0.6) is 11.5 Å². The molecule has 1 amide bonds. The highest BCUT2D eigenvalue weighted by Crippen LogP contribution is 2.43. The second-order valence-electron chi connectivity index (χ2n) is 9.57. The highest BCUT2D eigenvalue weighted by atomic mass is 16.5. The van der Waals surface area contributed by atoms with Crippen molar-refractivity contribution >= 4 is 17.4 Å². The van der Waals surface area contributed by atoms with Gasteiger partial charge in [-0.1, -0.05) is 32.0 Å². The van der Waals surface area contributed by atoms with Crippen LogP contribution in [0.15, 0.2) is 48.0 Å². The Labute approximate surface area is 207 Å². The molecule has 2 aromatic carbocycles. The Balaban J connectivity index is 2.09. The number of carbonyl (C=O) groups is 2. The van der Waals surface area contributed by atoms with Crippen LogP contribution in [0.1, 0.15) is 43.0 Å². The fourth-order valence-electron chi connectivity index (χ4n) is 4.28. The van der Waals surface area contributed by atoms with Crippen molar-refractivity contribution in [1.29, 1.82) is 0 Å². The van der Waals surface area contributed by atoms with Crippen molar-refractivity contribution in [3.8, 4) is 11.5 Å². The van der Waals surface area contributed by atoms with Gasteiger partial charge in [-0.25, -0.2) is 0 Å². The van der Waals surface area contributed by atoms with Crippen LogP contribution in [0, 0.1) is 12.8 Å². The van der Waals surface area contributed by atoms with Crippen LogP contribution in [0.25, 0.3) is 5.76 Å². The second kappa shape index (κ2) is 11.4. The number of benzene rings is 2. The van der Waals surface area contributed by atoms with E-state index in [9.17, 15) is 14.7 Å². The maximum atomic E-state index is 13.3. The summed E-state index contributed by atoms with van der Waals surface area (Å²) in [6.45, 7) is 7.71. The quantitative estimate of drug-likeness (QED) is 0.308. The molecule has 0 radical (unpaired) electrons. The van der Waals surface area contributed by atoms with Crippen LogP contribution in [-0.2, 0) is 9.59 Å². The average molecular weight is 481 g/mol. The van der Waals surface area contributed by atoms with Gasteiger partial charge in [-0.05, 0) is 69.7 Å². The Morgan fingerprint density at radius 1 is 1.14 bits per heavy atom. The number of hydrogen-bond acceptors (Lipinski definition) is 6. The van der Waals surface area contributed by atoms with E-state index >= 15 is 0 Å². The molecule has 1 N–H and O–H groups in total. The van der Waals surface area contributed by atoms with E-state index < -0.39 is 17.7 Å². The van der Waals surface area contributed by atoms with Crippen molar-refractivity contribution < 1.29 is 24.2 Å². The minimum absolute atomic E-state index is 0.0725. The van der Waals surface area contributed by atoms with E-state index in [0.717, 1.165) is 12.1 Å². The molecule has 1 saturated heterocycles. The minimum Gasteiger partial charge on any atom is -0.507 e. The predicted molar refractivity (Wildman–Crippen MR) is 137 cm³/mol. The monoisotopic (exact) mass is 480 g/mol. The zero-order valence-corrected chi connectivity index (χ0v) is 21.5. The van der Waals surface area contributed by atoms with Gasteiger partial charge in [0, 0.05) is 17.7 Å². The molecule has 1 atom stereocenters. The summed E-state index contributed by atoms with van der Waals surface area (Å²) in [5.41, 5.74) is 1.98. The van der Waals surface area contributed by atoms with Crippen LogP contribution in [0.4, 0.5) is 0 Å². The van der Waals surface area contributed by atoms with Crippen LogP contribution >= 0.6 is 0 Å². The topological polar surface area (TPSA) is 79.3 Å². The SMILES string of the molecule is COc1ccccc1C1/C(=C(/O)c2ccc(OCC(C)C)cc2C)C(=O)C(=O)N1CCCN(C)C. The van der Waals surface area contributed by atoms with Gasteiger partial charge in [0.1, 0.15) is 17.3 Å². The third-order valence-electron chi connectivity index (χ3n) is 6.01. The number of nitrogens with zero attached hydrogens (tertiary/aromatic N) is 2. The number of rotatable bonds is 10. The Morgan fingerprint density at radius 3 is 2.49 bits per heavy atom. The predicted octanol–water partition coefficient (Wildman–Crippen LogP) is 4.41. The summed E-state index contributed by atoms with van der Waals surface area (Å²) < 4.78 is 11.4. The Bertz CT molecular complexity index is 1110. The summed E-state index contributed by atoms with van der Waals surface area (Å²) >= 11 is 0. The van der Waals surface area contributed by atoms with Crippen LogP contribution < -0.4 is 9.47 Å². The number of carbonyl (C=O) groups excluding carboxylic acids is 2. The largest absolute Gasteiger partial charge is 0.507 e. The molecule has 7 nitrogen and oxygen atoms in total. The molecule has 0 aromatic heterocycles. The number of ketones is 1. The van der Waals surface area contributed by atoms with Gasteiger partial charge in [0.25, 0.3) is 11.7 Å². The third-order valence-corrected chi connectivity index (χ3v) is 6.01. The molecule has 7 heteroatoms. The number of Topliss-reactive ketones (excluding diaryl/α,β-unsaturated/α-hetero) is 1. The number of aryl methyl sites for hydroxylation is 1. The molecule has 1 aliphatic rings. The van der Waals surface area contributed by atoms with E-state index in [-0.39, 0.29) is 11.3 Å². The van der Waals surface area contributed by atoms with Gasteiger partial charge >= 0.3 is 0 Å². The number of amides is 1. The van der Waals surface area contributed by atoms with Gasteiger partial charge in [-0.15, -0.1) is 0 Å². The lowest BCUT2D eigenvalue weighted by molar-refractivity contribution is -0.140. The Morgan fingerprint density at radius 2 is 1.86 bits per heavy atom. The fourth-order valence-corrected chi connectivity index (χ4v) is 4.28. The highest BCUT2D eigenvalue weighted by molar-refractivity contribution is 6.46. The number of hydrogen-bond donors (Lipinski definition) is 1. The van der Waals surface area contributed by atoms with Crippen molar-refractivity contribution in [2.24, 2.45) is 5.92 Å². The van der Waals surface area contributed by atoms with Crippen molar-refractivity contribution in [2.75, 3.05) is 40.9 Å². The third kappa shape index (κ3) is 5.85. The van der Waals surface area contributed by atoms with E-state index in [1.54, 1.807) is 30.2 Å². The first kappa shape index (κ1) is 26.3. The molecule has 0 saturated carbocycles. The van der Waals surface area contributed by atoms with E-state index in [1.807, 2.05) is 50.2 Å². The lowest BCUT2D eigenvalue weighted by Crippen LogP contribution is -2.32. The highest BCUT2D eigenvalue weighted by Gasteiger charge is 2.46. The first-order valence-electron chi connectivity index (χ1n) is 12.0. The maximum absolute atomic E-state index is 13.3. The zero-order chi connectivity index (χ0) is 25.7. The van der Waals surface area contributed by atoms with Gasteiger partial charge in [0.15, 0.2) is 0 Å². The Kier molecular flexibility index (Phi) is 8.57. The lowest BCUT2D eigenvalue weighted by Gasteiger charge is -2.27. The summed E-state index contributed by atoms with van der Waals surface area (Å²) in [4.78, 5) is 30.0. The molecule has 188 valence electrons. The fraction of sp³-hybridized carbons (Fsp3) is 0.429. The lowest BCUT2D eigenvalue weighted by atomic mass is 9.93.